The minimum absolute atomic E-state index is 0.0179. The van der Waals surface area contributed by atoms with Crippen LogP contribution in [0, 0.1) is 11.6 Å². The van der Waals surface area contributed by atoms with E-state index >= 15 is 0 Å². The van der Waals surface area contributed by atoms with Crippen LogP contribution in [-0.4, -0.2) is 40.1 Å². The number of nitrogens with one attached hydrogen (secondary N) is 4. The molecule has 10 nitrogen and oxygen atoms in total. The number of carbonyl (C=O) groups is 1. The smallest absolute Gasteiger partial charge is 0.325 e. The fraction of sp³-hybridized carbons (Fsp3) is 0.200. The molecule has 0 aliphatic carbocycles. The average Bonchev–Trinajstić information content (AvgIpc) is 3.11. The van der Waals surface area contributed by atoms with Crippen molar-refractivity contribution in [3.63, 3.8) is 0 Å². The van der Waals surface area contributed by atoms with E-state index in [0.717, 1.165) is 12.1 Å². The van der Waals surface area contributed by atoms with Crippen molar-refractivity contribution in [3.8, 4) is 0 Å². The number of H-pyrrole nitrogens is 1. The molecule has 28 heavy (non-hydrogen) atoms. The van der Waals surface area contributed by atoms with Crippen molar-refractivity contribution >= 4 is 44.4 Å². The molecular formula is C15H15F2N7O3S. The summed E-state index contributed by atoms with van der Waals surface area (Å²) >= 11 is 0. The molecule has 0 aliphatic rings. The fourth-order valence-corrected chi connectivity index (χ4v) is 3.47. The third kappa shape index (κ3) is 4.14. The number of hydrogen-bond acceptors (Lipinski definition) is 6. The lowest BCUT2D eigenvalue weighted by molar-refractivity contribution is 0.262. The van der Waals surface area contributed by atoms with Gasteiger partial charge in [-0.25, -0.2) is 36.9 Å². The minimum atomic E-state index is -3.80. The molecule has 3 rings (SSSR count). The molecule has 0 fully saturated rings. The molecule has 148 valence electrons. The number of hydrogen-bond donors (Lipinski definition) is 4. The zero-order chi connectivity index (χ0) is 20.3. The first kappa shape index (κ1) is 19.4. The normalized spacial score (nSPS) is 11.4. The van der Waals surface area contributed by atoms with Crippen LogP contribution < -0.4 is 15.4 Å². The number of carbonyl (C=O) groups excluding carboxylic acids is 1. The maximum Gasteiger partial charge on any atom is 0.325 e. The first-order valence-electron chi connectivity index (χ1n) is 8.01. The zero-order valence-electron chi connectivity index (χ0n) is 14.5. The van der Waals surface area contributed by atoms with Gasteiger partial charge in [-0.2, -0.15) is 0 Å². The van der Waals surface area contributed by atoms with Gasteiger partial charge in [0.05, 0.1) is 17.8 Å². The van der Waals surface area contributed by atoms with E-state index in [-0.39, 0.29) is 17.1 Å². The summed E-state index contributed by atoms with van der Waals surface area (Å²) in [6, 6.07) is 0.756. The van der Waals surface area contributed by atoms with Crippen LogP contribution in [0.3, 0.4) is 0 Å². The Kier molecular flexibility index (Phi) is 5.35. The second kappa shape index (κ2) is 7.72. The number of aromatic amines is 1. The third-order valence-corrected chi connectivity index (χ3v) is 4.99. The van der Waals surface area contributed by atoms with Gasteiger partial charge in [0.1, 0.15) is 17.8 Å². The summed E-state index contributed by atoms with van der Waals surface area (Å²) in [7, 11) is -3.80. The van der Waals surface area contributed by atoms with Gasteiger partial charge < -0.3 is 10.3 Å². The van der Waals surface area contributed by atoms with Crippen LogP contribution >= 0.6 is 0 Å². The number of sulfonamides is 1. The van der Waals surface area contributed by atoms with Gasteiger partial charge in [-0.3, -0.25) is 10.0 Å². The van der Waals surface area contributed by atoms with Gasteiger partial charge in [-0.15, -0.1) is 0 Å². The van der Waals surface area contributed by atoms with Gasteiger partial charge in [-0.1, -0.05) is 6.92 Å². The SMILES string of the molecule is CCCS(=O)(=O)Nc1ccc(F)c(NC(=O)Nc2ncnc3[nH]cnc23)c1F. The first-order chi connectivity index (χ1) is 13.3. The van der Waals surface area contributed by atoms with Crippen LogP contribution in [0.1, 0.15) is 13.3 Å². The number of anilines is 3. The zero-order valence-corrected chi connectivity index (χ0v) is 15.3. The topological polar surface area (TPSA) is 142 Å². The largest absolute Gasteiger partial charge is 0.329 e. The summed E-state index contributed by atoms with van der Waals surface area (Å²) in [5.41, 5.74) is -0.696. The van der Waals surface area contributed by atoms with E-state index in [9.17, 15) is 22.0 Å². The Morgan fingerprint density at radius 2 is 1.96 bits per heavy atom. The average molecular weight is 411 g/mol. The number of nitrogens with zero attached hydrogens (tertiary/aromatic N) is 3. The second-order valence-electron chi connectivity index (χ2n) is 5.61. The fourth-order valence-electron chi connectivity index (χ4n) is 2.34. The molecule has 0 aliphatic heterocycles. The standard InChI is InChI=1S/C15H15F2N7O3S/c1-2-5-28(26,27)24-9-4-3-8(16)11(10(9)17)22-15(25)23-14-12-13(19-6-18-12)20-7-21-14/h3-4,6-7,24H,2,5H2,1H3,(H3,18,19,20,21,22,23,25). The maximum atomic E-state index is 14.6. The van der Waals surface area contributed by atoms with Crippen molar-refractivity contribution in [2.24, 2.45) is 0 Å². The Balaban J connectivity index is 1.82. The maximum absolute atomic E-state index is 14.6. The highest BCUT2D eigenvalue weighted by Crippen LogP contribution is 2.27. The van der Waals surface area contributed by atoms with Crippen molar-refractivity contribution in [3.05, 3.63) is 36.4 Å². The van der Waals surface area contributed by atoms with Crippen molar-refractivity contribution in [2.45, 2.75) is 13.3 Å². The van der Waals surface area contributed by atoms with E-state index in [4.69, 9.17) is 0 Å². The summed E-state index contributed by atoms with van der Waals surface area (Å²) in [5.74, 6) is -2.56. The molecule has 0 saturated carbocycles. The summed E-state index contributed by atoms with van der Waals surface area (Å²) in [5, 5.41) is 4.32. The molecule has 0 unspecified atom stereocenters. The molecule has 0 radical (unpaired) electrons. The molecule has 13 heteroatoms. The van der Waals surface area contributed by atoms with E-state index in [1.54, 1.807) is 6.92 Å². The number of fused-ring (bicyclic) bond motifs is 1. The summed E-state index contributed by atoms with van der Waals surface area (Å²) in [6.45, 7) is 1.64. The van der Waals surface area contributed by atoms with Crippen LogP contribution in [0.25, 0.3) is 11.2 Å². The molecule has 1 aromatic carbocycles. The quantitative estimate of drug-likeness (QED) is 0.491. The molecule has 2 amide bonds. The number of amides is 2. The molecule has 0 atom stereocenters. The number of aromatic nitrogens is 4. The van der Waals surface area contributed by atoms with Gasteiger partial charge >= 0.3 is 6.03 Å². The Labute approximate surface area is 157 Å². The van der Waals surface area contributed by atoms with E-state index in [0.29, 0.717) is 12.1 Å². The Morgan fingerprint density at radius 1 is 1.18 bits per heavy atom. The highest BCUT2D eigenvalue weighted by atomic mass is 32.2. The number of imidazole rings is 1. The highest BCUT2D eigenvalue weighted by molar-refractivity contribution is 7.92. The highest BCUT2D eigenvalue weighted by Gasteiger charge is 2.20. The van der Waals surface area contributed by atoms with Gasteiger partial charge in [0.15, 0.2) is 22.8 Å². The molecule has 0 spiro atoms. The number of rotatable bonds is 6. The lowest BCUT2D eigenvalue weighted by atomic mass is 10.2. The van der Waals surface area contributed by atoms with Crippen molar-refractivity contribution in [2.75, 3.05) is 21.1 Å². The molecule has 0 bridgehead atoms. The predicted octanol–water partition coefficient (Wildman–Crippen LogP) is 2.43. The van der Waals surface area contributed by atoms with Gasteiger partial charge in [-0.05, 0) is 18.6 Å². The molecule has 2 heterocycles. The van der Waals surface area contributed by atoms with Gasteiger partial charge in [0.2, 0.25) is 10.0 Å². The van der Waals surface area contributed by atoms with Crippen LogP contribution in [-0.2, 0) is 10.0 Å². The second-order valence-corrected chi connectivity index (χ2v) is 7.45. The van der Waals surface area contributed by atoms with Crippen molar-refractivity contribution < 1.29 is 22.0 Å². The third-order valence-electron chi connectivity index (χ3n) is 3.52. The van der Waals surface area contributed by atoms with E-state index in [2.05, 4.69) is 25.3 Å². The summed E-state index contributed by atoms with van der Waals surface area (Å²) in [4.78, 5) is 26.6. The first-order valence-corrected chi connectivity index (χ1v) is 9.66. The molecule has 0 saturated heterocycles. The van der Waals surface area contributed by atoms with Crippen LogP contribution in [0.15, 0.2) is 24.8 Å². The number of urea groups is 1. The van der Waals surface area contributed by atoms with E-state index in [1.165, 1.54) is 12.7 Å². The van der Waals surface area contributed by atoms with Crippen LogP contribution in [0.2, 0.25) is 0 Å². The Bertz CT molecular complexity index is 1130. The number of halogens is 2. The van der Waals surface area contributed by atoms with Gasteiger partial charge in [0, 0.05) is 0 Å². The van der Waals surface area contributed by atoms with Gasteiger partial charge in [0.25, 0.3) is 0 Å². The van der Waals surface area contributed by atoms with E-state index < -0.39 is 39.1 Å². The predicted molar refractivity (Wildman–Crippen MR) is 98.4 cm³/mol. The summed E-state index contributed by atoms with van der Waals surface area (Å²) in [6.07, 6.45) is 2.82. The van der Waals surface area contributed by atoms with Crippen LogP contribution in [0.4, 0.5) is 30.8 Å². The Morgan fingerprint density at radius 3 is 2.71 bits per heavy atom. The van der Waals surface area contributed by atoms with Crippen LogP contribution in [0.5, 0.6) is 0 Å². The molecule has 4 N–H and O–H groups in total. The lowest BCUT2D eigenvalue weighted by Crippen LogP contribution is -2.23. The molecular weight excluding hydrogens is 396 g/mol. The Hall–Kier alpha value is -3.35. The molecule has 3 aromatic rings. The van der Waals surface area contributed by atoms with Crippen molar-refractivity contribution in [1.82, 2.24) is 19.9 Å². The summed E-state index contributed by atoms with van der Waals surface area (Å²) < 4.78 is 54.2. The molecule has 2 aromatic heterocycles. The number of benzene rings is 1. The van der Waals surface area contributed by atoms with Crippen molar-refractivity contribution in [1.29, 1.82) is 0 Å². The minimum Gasteiger partial charge on any atom is -0.329 e. The lowest BCUT2D eigenvalue weighted by Gasteiger charge is -2.13. The monoisotopic (exact) mass is 411 g/mol. The van der Waals surface area contributed by atoms with E-state index in [1.807, 2.05) is 10.0 Å².